The Morgan fingerprint density at radius 2 is 1.77 bits per heavy atom. The second-order valence-corrected chi connectivity index (χ2v) is 11.1. The number of alkyl halides is 3. The highest BCUT2D eigenvalue weighted by Gasteiger charge is 2.33. The van der Waals surface area contributed by atoms with Crippen molar-refractivity contribution in [2.75, 3.05) is 0 Å². The van der Waals surface area contributed by atoms with Gasteiger partial charge in [0.2, 0.25) is 0 Å². The fraction of sp³-hybridized carbons (Fsp3) is 0.393. The van der Waals surface area contributed by atoms with Crippen molar-refractivity contribution in [3.63, 3.8) is 0 Å². The van der Waals surface area contributed by atoms with Crippen molar-refractivity contribution in [1.29, 1.82) is 0 Å². The summed E-state index contributed by atoms with van der Waals surface area (Å²) in [4.78, 5) is 5.04. The number of nitrogens with zero attached hydrogens (tertiary/aromatic N) is 1. The van der Waals surface area contributed by atoms with Gasteiger partial charge >= 0.3 is 6.18 Å². The Hall–Kier alpha value is -2.64. The van der Waals surface area contributed by atoms with E-state index in [0.717, 1.165) is 60.0 Å². The lowest BCUT2D eigenvalue weighted by Crippen LogP contribution is -2.37. The molecule has 1 atom stereocenters. The van der Waals surface area contributed by atoms with Crippen molar-refractivity contribution in [3.05, 3.63) is 74.0 Å². The fourth-order valence-corrected chi connectivity index (χ4v) is 6.16. The summed E-state index contributed by atoms with van der Waals surface area (Å²) < 4.78 is 39.4. The molecule has 0 spiro atoms. The second-order valence-electron chi connectivity index (χ2n) is 10.3. The Morgan fingerprint density at radius 1 is 1.09 bits per heavy atom. The zero-order chi connectivity index (χ0) is 25.0. The zero-order valence-electron chi connectivity index (χ0n) is 19.7. The maximum Gasteiger partial charge on any atom is 0.416 e. The largest absolute Gasteiger partial charge is 0.507 e. The van der Waals surface area contributed by atoms with Gasteiger partial charge in [0.05, 0.1) is 22.7 Å². The minimum Gasteiger partial charge on any atom is -0.507 e. The first-order chi connectivity index (χ1) is 16.5. The molecule has 2 N–H and O–H groups in total. The molecule has 1 saturated carbocycles. The number of hydrogen-bond acceptors (Lipinski definition) is 4. The lowest BCUT2D eigenvalue weighted by molar-refractivity contribution is -0.137. The molecule has 2 aliphatic carbocycles. The van der Waals surface area contributed by atoms with Crippen molar-refractivity contribution in [2.24, 2.45) is 5.41 Å². The van der Waals surface area contributed by atoms with E-state index in [0.29, 0.717) is 22.8 Å². The number of rotatable bonds is 3. The van der Waals surface area contributed by atoms with Crippen LogP contribution in [0.2, 0.25) is 0 Å². The lowest BCUT2D eigenvalue weighted by Gasteiger charge is -2.31. The highest BCUT2D eigenvalue weighted by molar-refractivity contribution is 7.08. The quantitative estimate of drug-likeness (QED) is 0.436. The van der Waals surface area contributed by atoms with E-state index in [1.54, 1.807) is 0 Å². The van der Waals surface area contributed by atoms with Gasteiger partial charge in [-0.25, -0.2) is 0 Å². The normalized spacial score (nSPS) is 20.9. The van der Waals surface area contributed by atoms with Crippen LogP contribution < -0.4 is 10.6 Å². The second kappa shape index (κ2) is 8.79. The van der Waals surface area contributed by atoms with Crippen LogP contribution in [0.1, 0.15) is 80.4 Å². The molecule has 0 aliphatic heterocycles. The minimum atomic E-state index is -4.45. The van der Waals surface area contributed by atoms with Crippen molar-refractivity contribution in [1.82, 2.24) is 4.98 Å². The van der Waals surface area contributed by atoms with Gasteiger partial charge in [-0.3, -0.25) is 4.98 Å². The third-order valence-electron chi connectivity index (χ3n) is 7.15. The Balaban J connectivity index is 1.89. The first kappa shape index (κ1) is 24.1. The predicted octanol–water partition coefficient (Wildman–Crippen LogP) is 6.44. The van der Waals surface area contributed by atoms with E-state index in [2.05, 4.69) is 19.9 Å². The molecule has 1 fully saturated rings. The van der Waals surface area contributed by atoms with Crippen LogP contribution in [0.4, 0.5) is 13.2 Å². The van der Waals surface area contributed by atoms with Crippen molar-refractivity contribution in [3.8, 4) is 11.1 Å². The number of thiophene rings is 1. The summed E-state index contributed by atoms with van der Waals surface area (Å²) in [6.07, 6.45) is 1.40. The molecular formula is C28H28F3NO2S. The molecule has 2 aromatic heterocycles. The summed E-state index contributed by atoms with van der Waals surface area (Å²) >= 11 is 1.52. The van der Waals surface area contributed by atoms with Gasteiger partial charge in [0, 0.05) is 27.8 Å². The summed E-state index contributed by atoms with van der Waals surface area (Å²) in [5, 5.41) is 28.1. The first-order valence-corrected chi connectivity index (χ1v) is 12.9. The van der Waals surface area contributed by atoms with Crippen LogP contribution in [-0.4, -0.2) is 15.2 Å². The first-order valence-electron chi connectivity index (χ1n) is 11.9. The van der Waals surface area contributed by atoms with Crippen molar-refractivity contribution in [2.45, 2.75) is 64.1 Å². The third kappa shape index (κ3) is 4.52. The number of fused-ring (bicyclic) bond motifs is 1. The molecule has 0 bridgehead atoms. The average molecular weight is 500 g/mol. The van der Waals surface area contributed by atoms with Gasteiger partial charge in [0.1, 0.15) is 5.76 Å². The molecule has 5 rings (SSSR count). The van der Waals surface area contributed by atoms with Gasteiger partial charge in [-0.1, -0.05) is 44.9 Å². The van der Waals surface area contributed by atoms with Crippen LogP contribution >= 0.6 is 11.3 Å². The minimum absolute atomic E-state index is 0.103. The Labute approximate surface area is 206 Å². The number of aromatic nitrogens is 1. The van der Waals surface area contributed by atoms with Gasteiger partial charge in [-0.15, -0.1) is 0 Å². The Bertz CT molecular complexity index is 1350. The van der Waals surface area contributed by atoms with E-state index < -0.39 is 17.8 Å². The van der Waals surface area contributed by atoms with Gasteiger partial charge in [-0.2, -0.15) is 24.5 Å². The van der Waals surface area contributed by atoms with E-state index in [4.69, 9.17) is 4.98 Å². The van der Waals surface area contributed by atoms with Crippen molar-refractivity contribution < 1.29 is 23.4 Å². The molecular weight excluding hydrogens is 471 g/mol. The SMILES string of the molecule is CC1(C)C=c2nc(C3CCCC3)c(=C(O)c3ccc(C(F)(F)F)cc3)c(-c3ccsc3)c2C(O)C1. The number of halogens is 3. The van der Waals surface area contributed by atoms with Crippen LogP contribution in [-0.2, 0) is 6.18 Å². The topological polar surface area (TPSA) is 53.4 Å². The summed E-state index contributed by atoms with van der Waals surface area (Å²) in [6, 6.07) is 6.54. The smallest absolute Gasteiger partial charge is 0.416 e. The van der Waals surface area contributed by atoms with Crippen LogP contribution in [0.15, 0.2) is 41.1 Å². The molecule has 2 aliphatic rings. The van der Waals surface area contributed by atoms with Crippen molar-refractivity contribution >= 4 is 23.2 Å². The monoisotopic (exact) mass is 499 g/mol. The number of aliphatic hydroxyl groups excluding tert-OH is 2. The molecule has 1 unspecified atom stereocenters. The van der Waals surface area contributed by atoms with E-state index in [1.165, 1.54) is 23.5 Å². The fourth-order valence-electron chi connectivity index (χ4n) is 5.52. The summed E-state index contributed by atoms with van der Waals surface area (Å²) in [5.41, 5.74) is 2.34. The number of aliphatic hydroxyl groups is 2. The Morgan fingerprint density at radius 3 is 2.37 bits per heavy atom. The van der Waals surface area contributed by atoms with E-state index in [-0.39, 0.29) is 17.1 Å². The molecule has 35 heavy (non-hydrogen) atoms. The average Bonchev–Trinajstić information content (AvgIpc) is 3.50. The van der Waals surface area contributed by atoms with E-state index >= 15 is 0 Å². The zero-order valence-corrected chi connectivity index (χ0v) is 20.5. The molecule has 0 saturated heterocycles. The van der Waals surface area contributed by atoms with Gasteiger partial charge in [0.25, 0.3) is 0 Å². The summed E-state index contributed by atoms with van der Waals surface area (Å²) in [6.45, 7) is 4.14. The molecule has 1 aromatic carbocycles. The third-order valence-corrected chi connectivity index (χ3v) is 7.83. The highest BCUT2D eigenvalue weighted by Crippen LogP contribution is 2.39. The highest BCUT2D eigenvalue weighted by atomic mass is 32.1. The number of benzene rings is 1. The Kier molecular flexibility index (Phi) is 6.04. The maximum atomic E-state index is 13.1. The number of pyridine rings is 1. The lowest BCUT2D eigenvalue weighted by atomic mass is 9.77. The molecule has 0 amide bonds. The van der Waals surface area contributed by atoms with E-state index in [1.807, 2.05) is 16.8 Å². The van der Waals surface area contributed by atoms with E-state index in [9.17, 15) is 23.4 Å². The molecule has 3 nitrogen and oxygen atoms in total. The van der Waals surface area contributed by atoms with Gasteiger partial charge in [0.15, 0.2) is 0 Å². The van der Waals surface area contributed by atoms with Gasteiger partial charge in [-0.05, 0) is 59.2 Å². The standard InChI is InChI=1S/C28H28F3NO2S/c1-27(2)13-20-23(21(33)14-27)22(18-11-12-35-15-18)24(25(32-20)16-5-3-4-6-16)26(34)17-7-9-19(10-8-17)28(29,30)31/h7-13,15-16,21,33-34H,3-6,14H2,1-2H3. The van der Waals surface area contributed by atoms with Crippen LogP contribution in [0.3, 0.4) is 0 Å². The van der Waals surface area contributed by atoms with Gasteiger partial charge < -0.3 is 10.2 Å². The predicted molar refractivity (Wildman–Crippen MR) is 132 cm³/mol. The summed E-state index contributed by atoms with van der Waals surface area (Å²) in [5.74, 6) is 0.0361. The van der Waals surface area contributed by atoms with Crippen LogP contribution in [0.25, 0.3) is 23.0 Å². The molecule has 0 radical (unpaired) electrons. The van der Waals surface area contributed by atoms with Crippen LogP contribution in [0, 0.1) is 5.41 Å². The van der Waals surface area contributed by atoms with Crippen LogP contribution in [0.5, 0.6) is 0 Å². The molecule has 3 aromatic rings. The molecule has 7 heteroatoms. The molecule has 184 valence electrons. The maximum absolute atomic E-state index is 13.1. The molecule has 2 heterocycles. The number of hydrogen-bond donors (Lipinski definition) is 2. The summed E-state index contributed by atoms with van der Waals surface area (Å²) in [7, 11) is 0.